The summed E-state index contributed by atoms with van der Waals surface area (Å²) in [4.78, 5) is 16.8. The molecule has 1 heterocycles. The van der Waals surface area contributed by atoms with E-state index in [4.69, 9.17) is 34.8 Å². The van der Waals surface area contributed by atoms with Crippen molar-refractivity contribution in [2.24, 2.45) is 0 Å². The molecular formula is C19H11Cl3NO. The van der Waals surface area contributed by atoms with E-state index in [9.17, 15) is 4.79 Å². The van der Waals surface area contributed by atoms with Crippen LogP contribution in [0.25, 0.3) is 0 Å². The first-order valence-corrected chi connectivity index (χ1v) is 8.22. The van der Waals surface area contributed by atoms with E-state index >= 15 is 0 Å². The molecule has 0 saturated heterocycles. The van der Waals surface area contributed by atoms with Gasteiger partial charge in [0.2, 0.25) is 0 Å². The molecule has 5 heteroatoms. The normalized spacial score (nSPS) is 10.6. The third-order valence-electron chi connectivity index (χ3n) is 3.40. The average molecular weight is 376 g/mol. The van der Waals surface area contributed by atoms with Crippen LogP contribution in [0.4, 0.5) is 0 Å². The Morgan fingerprint density at radius 2 is 1.58 bits per heavy atom. The summed E-state index contributed by atoms with van der Waals surface area (Å²) in [6.07, 6.45) is 5.16. The Bertz CT molecular complexity index is 888. The number of rotatable bonds is 4. The summed E-state index contributed by atoms with van der Waals surface area (Å²) in [5.41, 5.74) is 2.52. The second-order valence-corrected chi connectivity index (χ2v) is 6.38. The first kappa shape index (κ1) is 17.0. The molecular weight excluding hydrogens is 365 g/mol. The van der Waals surface area contributed by atoms with Gasteiger partial charge < -0.3 is 0 Å². The first-order valence-electron chi connectivity index (χ1n) is 7.08. The Kier molecular flexibility index (Phi) is 5.20. The number of aromatic nitrogens is 1. The van der Waals surface area contributed by atoms with Crippen molar-refractivity contribution in [1.29, 1.82) is 0 Å². The van der Waals surface area contributed by atoms with E-state index in [-0.39, 0.29) is 5.78 Å². The summed E-state index contributed by atoms with van der Waals surface area (Å²) in [7, 11) is 0. The number of benzene rings is 2. The average Bonchev–Trinajstić information content (AvgIpc) is 2.55. The fourth-order valence-electron chi connectivity index (χ4n) is 2.33. The fraction of sp³-hybridized carbons (Fsp3) is 0. The van der Waals surface area contributed by atoms with Gasteiger partial charge in [0.15, 0.2) is 5.78 Å². The molecule has 0 spiro atoms. The molecule has 0 aliphatic heterocycles. The van der Waals surface area contributed by atoms with Gasteiger partial charge in [0.05, 0.1) is 20.6 Å². The van der Waals surface area contributed by atoms with Gasteiger partial charge in [-0.15, -0.1) is 0 Å². The summed E-state index contributed by atoms with van der Waals surface area (Å²) in [6.45, 7) is 0. The summed E-state index contributed by atoms with van der Waals surface area (Å²) in [6, 6.07) is 14.0. The van der Waals surface area contributed by atoms with Crippen molar-refractivity contribution in [3.05, 3.63) is 105 Å². The molecule has 2 aromatic carbocycles. The maximum atomic E-state index is 12.7. The number of carbonyl (C=O) groups excluding carboxylic acids is 1. The van der Waals surface area contributed by atoms with Crippen LogP contribution in [0.5, 0.6) is 0 Å². The number of carbonyl (C=O) groups is 1. The molecule has 0 aliphatic carbocycles. The zero-order valence-corrected chi connectivity index (χ0v) is 14.6. The van der Waals surface area contributed by atoms with Crippen molar-refractivity contribution in [1.82, 2.24) is 4.98 Å². The number of hydrogen-bond acceptors (Lipinski definition) is 2. The van der Waals surface area contributed by atoms with Crippen LogP contribution in [0.1, 0.15) is 27.0 Å². The van der Waals surface area contributed by atoms with E-state index in [1.165, 1.54) is 0 Å². The zero-order chi connectivity index (χ0) is 17.1. The van der Waals surface area contributed by atoms with Crippen molar-refractivity contribution < 1.29 is 4.79 Å². The summed E-state index contributed by atoms with van der Waals surface area (Å²) in [5.74, 6) is -0.218. The van der Waals surface area contributed by atoms with E-state index in [0.29, 0.717) is 26.2 Å². The molecule has 0 aliphatic rings. The SMILES string of the molecule is O=C(c1cccc([CH]c2cncc(Cl)c2)c1)c1c(Cl)cccc1Cl. The molecule has 1 aromatic heterocycles. The molecule has 3 aromatic rings. The van der Waals surface area contributed by atoms with Gasteiger partial charge in [-0.1, -0.05) is 59.1 Å². The lowest BCUT2D eigenvalue weighted by Crippen LogP contribution is -2.04. The van der Waals surface area contributed by atoms with Gasteiger partial charge in [0, 0.05) is 24.4 Å². The third kappa shape index (κ3) is 3.78. The van der Waals surface area contributed by atoms with Gasteiger partial charge in [-0.05, 0) is 35.4 Å². The van der Waals surface area contributed by atoms with Crippen molar-refractivity contribution in [3.8, 4) is 0 Å². The van der Waals surface area contributed by atoms with Crippen molar-refractivity contribution in [3.63, 3.8) is 0 Å². The van der Waals surface area contributed by atoms with E-state index in [1.54, 1.807) is 48.8 Å². The Morgan fingerprint density at radius 3 is 2.29 bits per heavy atom. The van der Waals surface area contributed by atoms with Crippen LogP contribution in [-0.2, 0) is 0 Å². The zero-order valence-electron chi connectivity index (χ0n) is 12.3. The topological polar surface area (TPSA) is 30.0 Å². The van der Waals surface area contributed by atoms with Crippen LogP contribution in [0.3, 0.4) is 0 Å². The van der Waals surface area contributed by atoms with Crippen LogP contribution in [0.15, 0.2) is 60.9 Å². The maximum Gasteiger partial charge on any atom is 0.196 e. The lowest BCUT2D eigenvalue weighted by molar-refractivity contribution is 0.103. The van der Waals surface area contributed by atoms with Gasteiger partial charge in [-0.2, -0.15) is 0 Å². The smallest absolute Gasteiger partial charge is 0.196 e. The maximum absolute atomic E-state index is 12.7. The molecule has 0 amide bonds. The Balaban J connectivity index is 1.92. The van der Waals surface area contributed by atoms with E-state index in [2.05, 4.69) is 4.98 Å². The molecule has 0 bridgehead atoms. The minimum atomic E-state index is -0.218. The van der Waals surface area contributed by atoms with Gasteiger partial charge >= 0.3 is 0 Å². The standard InChI is InChI=1S/C19H11Cl3NO/c20-15-9-13(10-23-11-15)7-12-3-1-4-14(8-12)19(24)18-16(21)5-2-6-17(18)22/h1-11H. The van der Waals surface area contributed by atoms with Gasteiger partial charge in [0.25, 0.3) is 0 Å². The highest BCUT2D eigenvalue weighted by Gasteiger charge is 2.16. The molecule has 3 rings (SSSR count). The second kappa shape index (κ2) is 7.35. The summed E-state index contributed by atoms with van der Waals surface area (Å²) < 4.78 is 0. The largest absolute Gasteiger partial charge is 0.288 e. The molecule has 0 fully saturated rings. The number of pyridine rings is 1. The highest BCUT2D eigenvalue weighted by Crippen LogP contribution is 2.27. The van der Waals surface area contributed by atoms with E-state index in [1.807, 2.05) is 18.6 Å². The van der Waals surface area contributed by atoms with Crippen LogP contribution in [0.2, 0.25) is 15.1 Å². The van der Waals surface area contributed by atoms with Crippen molar-refractivity contribution in [2.75, 3.05) is 0 Å². The lowest BCUT2D eigenvalue weighted by atomic mass is 9.98. The molecule has 24 heavy (non-hydrogen) atoms. The number of ketones is 1. The van der Waals surface area contributed by atoms with Crippen molar-refractivity contribution >= 4 is 40.6 Å². The van der Waals surface area contributed by atoms with Crippen LogP contribution < -0.4 is 0 Å². The Labute approximate surface area is 155 Å². The number of halogens is 3. The molecule has 2 nitrogen and oxygen atoms in total. The molecule has 0 saturated carbocycles. The predicted molar refractivity (Wildman–Crippen MR) is 98.1 cm³/mol. The molecule has 1 radical (unpaired) electrons. The quantitative estimate of drug-likeness (QED) is 0.533. The monoisotopic (exact) mass is 374 g/mol. The summed E-state index contributed by atoms with van der Waals surface area (Å²) in [5, 5.41) is 1.22. The molecule has 0 N–H and O–H groups in total. The number of nitrogens with zero attached hydrogens (tertiary/aromatic N) is 1. The molecule has 0 atom stereocenters. The van der Waals surface area contributed by atoms with Gasteiger partial charge in [-0.3, -0.25) is 9.78 Å². The van der Waals surface area contributed by atoms with Gasteiger partial charge in [0.1, 0.15) is 0 Å². The second-order valence-electron chi connectivity index (χ2n) is 5.13. The number of hydrogen-bond donors (Lipinski definition) is 0. The molecule has 119 valence electrons. The van der Waals surface area contributed by atoms with E-state index < -0.39 is 0 Å². The Hall–Kier alpha value is -1.87. The fourth-order valence-corrected chi connectivity index (χ4v) is 3.08. The molecule has 0 unspecified atom stereocenters. The highest BCUT2D eigenvalue weighted by atomic mass is 35.5. The minimum absolute atomic E-state index is 0.218. The van der Waals surface area contributed by atoms with Crippen LogP contribution in [-0.4, -0.2) is 10.8 Å². The third-order valence-corrected chi connectivity index (χ3v) is 4.23. The summed E-state index contributed by atoms with van der Waals surface area (Å²) >= 11 is 18.2. The Morgan fingerprint density at radius 1 is 0.875 bits per heavy atom. The first-order chi connectivity index (χ1) is 11.5. The van der Waals surface area contributed by atoms with Crippen LogP contribution in [0, 0.1) is 6.42 Å². The van der Waals surface area contributed by atoms with E-state index in [0.717, 1.165) is 11.1 Å². The predicted octanol–water partition coefficient (Wildman–Crippen LogP) is 5.87. The minimum Gasteiger partial charge on any atom is -0.288 e. The van der Waals surface area contributed by atoms with Gasteiger partial charge in [-0.25, -0.2) is 0 Å². The van der Waals surface area contributed by atoms with Crippen molar-refractivity contribution in [2.45, 2.75) is 0 Å². The van der Waals surface area contributed by atoms with Crippen LogP contribution >= 0.6 is 34.8 Å². The lowest BCUT2D eigenvalue weighted by Gasteiger charge is -2.08. The highest BCUT2D eigenvalue weighted by molar-refractivity contribution is 6.41.